The number of benzene rings is 1. The Bertz CT molecular complexity index is 431. The number of nitrogens with one attached hydrogen (secondary N) is 1. The molecule has 0 aromatic heterocycles. The molecule has 4 nitrogen and oxygen atoms in total. The molecule has 0 bridgehead atoms. The molecule has 0 saturated heterocycles. The highest BCUT2D eigenvalue weighted by Crippen LogP contribution is 2.23. The van der Waals surface area contributed by atoms with Crippen LogP contribution in [0.25, 0.3) is 0 Å². The minimum Gasteiger partial charge on any atom is -0.379 e. The van der Waals surface area contributed by atoms with Crippen molar-refractivity contribution in [1.29, 1.82) is 0 Å². The van der Waals surface area contributed by atoms with E-state index in [9.17, 15) is 9.59 Å². The summed E-state index contributed by atoms with van der Waals surface area (Å²) in [4.78, 5) is 27.4. The van der Waals surface area contributed by atoms with Crippen molar-refractivity contribution >= 4 is 27.6 Å². The third-order valence-corrected chi connectivity index (χ3v) is 2.65. The number of hydrogen-bond acceptors (Lipinski definition) is 3. The molecule has 0 fully saturated rings. The normalized spacial score (nSPS) is 13.8. The molecule has 0 spiro atoms. The molecule has 0 unspecified atom stereocenters. The molecule has 1 aromatic rings. The number of carbonyl (C=O) groups is 2. The van der Waals surface area contributed by atoms with Crippen molar-refractivity contribution in [2.24, 2.45) is 0 Å². The van der Waals surface area contributed by atoms with Gasteiger partial charge in [-0.2, -0.15) is 5.48 Å². The SMILES string of the molecule is O=C1Cc2ccc(C(=O)CBr)cc2ON1. The smallest absolute Gasteiger partial charge is 0.257 e. The topological polar surface area (TPSA) is 55.4 Å². The van der Waals surface area contributed by atoms with Gasteiger partial charge >= 0.3 is 0 Å². The molecular weight excluding hydrogens is 262 g/mol. The maximum atomic E-state index is 11.4. The van der Waals surface area contributed by atoms with E-state index in [1.54, 1.807) is 18.2 Å². The highest BCUT2D eigenvalue weighted by Gasteiger charge is 2.17. The summed E-state index contributed by atoms with van der Waals surface area (Å²) in [5.74, 6) is 0.349. The van der Waals surface area contributed by atoms with Gasteiger partial charge in [-0.3, -0.25) is 9.59 Å². The first kappa shape index (κ1) is 10.2. The largest absolute Gasteiger partial charge is 0.379 e. The molecule has 0 atom stereocenters. The maximum absolute atomic E-state index is 11.4. The molecule has 5 heteroatoms. The Morgan fingerprint density at radius 2 is 2.33 bits per heavy atom. The van der Waals surface area contributed by atoms with Gasteiger partial charge in [0.15, 0.2) is 11.5 Å². The Balaban J connectivity index is 2.34. The van der Waals surface area contributed by atoms with E-state index >= 15 is 0 Å². The lowest BCUT2D eigenvalue weighted by molar-refractivity contribution is -0.128. The second-order valence-electron chi connectivity index (χ2n) is 3.18. The third-order valence-electron chi connectivity index (χ3n) is 2.14. The van der Waals surface area contributed by atoms with Crippen LogP contribution in [-0.2, 0) is 11.2 Å². The lowest BCUT2D eigenvalue weighted by Crippen LogP contribution is -2.33. The summed E-state index contributed by atoms with van der Waals surface area (Å²) in [6.45, 7) is 0. The van der Waals surface area contributed by atoms with E-state index in [0.29, 0.717) is 11.3 Å². The molecule has 1 heterocycles. The Morgan fingerprint density at radius 3 is 3.07 bits per heavy atom. The van der Waals surface area contributed by atoms with E-state index in [4.69, 9.17) is 4.84 Å². The number of rotatable bonds is 2. The van der Waals surface area contributed by atoms with E-state index in [0.717, 1.165) is 5.56 Å². The van der Waals surface area contributed by atoms with Crippen LogP contribution in [0.2, 0.25) is 0 Å². The zero-order valence-corrected chi connectivity index (χ0v) is 9.33. The van der Waals surface area contributed by atoms with Crippen LogP contribution in [0.3, 0.4) is 0 Å². The molecule has 0 aliphatic carbocycles. The quantitative estimate of drug-likeness (QED) is 0.649. The van der Waals surface area contributed by atoms with Gasteiger partial charge in [-0.15, -0.1) is 0 Å². The number of ketones is 1. The fourth-order valence-electron chi connectivity index (χ4n) is 1.37. The molecule has 0 radical (unpaired) electrons. The number of alkyl halides is 1. The number of amides is 1. The fourth-order valence-corrected chi connectivity index (χ4v) is 1.69. The standard InChI is InChI=1S/C10H8BrNO3/c11-5-8(13)6-1-2-7-4-10(14)12-15-9(7)3-6/h1-3H,4-5H2,(H,12,14). The summed E-state index contributed by atoms with van der Waals surface area (Å²) in [6.07, 6.45) is 0.290. The lowest BCUT2D eigenvalue weighted by atomic mass is 10.0. The second-order valence-corrected chi connectivity index (χ2v) is 3.74. The zero-order chi connectivity index (χ0) is 10.8. The van der Waals surface area contributed by atoms with Gasteiger partial charge in [0, 0.05) is 11.1 Å². The van der Waals surface area contributed by atoms with Crippen LogP contribution in [-0.4, -0.2) is 17.0 Å². The molecule has 1 aliphatic rings. The van der Waals surface area contributed by atoms with Crippen molar-refractivity contribution in [2.75, 3.05) is 5.33 Å². The zero-order valence-electron chi connectivity index (χ0n) is 7.75. The van der Waals surface area contributed by atoms with Crippen molar-refractivity contribution in [1.82, 2.24) is 5.48 Å². The predicted molar refractivity (Wildman–Crippen MR) is 57.0 cm³/mol. The molecule has 1 aliphatic heterocycles. The highest BCUT2D eigenvalue weighted by molar-refractivity contribution is 9.09. The first-order chi connectivity index (χ1) is 7.20. The van der Waals surface area contributed by atoms with Gasteiger partial charge in [-0.25, -0.2) is 0 Å². The molecular formula is C10H8BrNO3. The monoisotopic (exact) mass is 269 g/mol. The number of fused-ring (bicyclic) bond motifs is 1. The van der Waals surface area contributed by atoms with Gasteiger partial charge in [0.05, 0.1) is 11.8 Å². The third kappa shape index (κ3) is 2.02. The number of halogens is 1. The summed E-state index contributed by atoms with van der Waals surface area (Å²) in [6, 6.07) is 5.08. The molecule has 0 saturated carbocycles. The molecule has 78 valence electrons. The van der Waals surface area contributed by atoms with E-state index < -0.39 is 0 Å². The second kappa shape index (κ2) is 4.02. The van der Waals surface area contributed by atoms with Gasteiger partial charge in [-0.05, 0) is 6.07 Å². The minimum absolute atomic E-state index is 0.0155. The van der Waals surface area contributed by atoms with Crippen LogP contribution in [0.5, 0.6) is 5.75 Å². The Hall–Kier alpha value is -1.36. The minimum atomic E-state index is -0.179. The fraction of sp³-hybridized carbons (Fsp3) is 0.200. The van der Waals surface area contributed by atoms with Crippen LogP contribution in [0.1, 0.15) is 15.9 Å². The summed E-state index contributed by atoms with van der Waals surface area (Å²) in [7, 11) is 0. The average Bonchev–Trinajstić information content (AvgIpc) is 2.27. The Labute approximate surface area is 94.7 Å². The van der Waals surface area contributed by atoms with E-state index in [2.05, 4.69) is 21.4 Å². The number of hydrogen-bond donors (Lipinski definition) is 1. The first-order valence-corrected chi connectivity index (χ1v) is 5.50. The van der Waals surface area contributed by atoms with E-state index in [1.165, 1.54) is 0 Å². The van der Waals surface area contributed by atoms with Crippen molar-refractivity contribution in [3.8, 4) is 5.75 Å². The van der Waals surface area contributed by atoms with Crippen molar-refractivity contribution < 1.29 is 14.4 Å². The van der Waals surface area contributed by atoms with Crippen LogP contribution in [0, 0.1) is 0 Å². The van der Waals surface area contributed by atoms with Crippen LogP contribution in [0.15, 0.2) is 18.2 Å². The van der Waals surface area contributed by atoms with Crippen molar-refractivity contribution in [3.63, 3.8) is 0 Å². The van der Waals surface area contributed by atoms with Crippen molar-refractivity contribution in [3.05, 3.63) is 29.3 Å². The number of carbonyl (C=O) groups excluding carboxylic acids is 2. The van der Waals surface area contributed by atoms with Crippen LogP contribution in [0.4, 0.5) is 0 Å². The Morgan fingerprint density at radius 1 is 1.53 bits per heavy atom. The summed E-state index contributed by atoms with van der Waals surface area (Å²) >= 11 is 3.10. The average molecular weight is 270 g/mol. The number of Topliss-reactive ketones (excluding diaryl/α,β-unsaturated/α-hetero) is 1. The van der Waals surface area contributed by atoms with Crippen molar-refractivity contribution in [2.45, 2.75) is 6.42 Å². The van der Waals surface area contributed by atoms with Crippen LogP contribution >= 0.6 is 15.9 Å². The summed E-state index contributed by atoms with van der Waals surface area (Å²) in [5.41, 5.74) is 3.63. The summed E-state index contributed by atoms with van der Waals surface area (Å²) in [5, 5.41) is 0.276. The predicted octanol–water partition coefficient (Wildman–Crippen LogP) is 1.23. The van der Waals surface area contributed by atoms with Gasteiger partial charge < -0.3 is 4.84 Å². The molecule has 1 N–H and O–H groups in total. The van der Waals surface area contributed by atoms with Crippen LogP contribution < -0.4 is 10.3 Å². The highest BCUT2D eigenvalue weighted by atomic mass is 79.9. The Kier molecular flexibility index (Phi) is 2.73. The molecule has 1 amide bonds. The number of hydroxylamine groups is 1. The van der Waals surface area contributed by atoms with Gasteiger partial charge in [0.1, 0.15) is 0 Å². The van der Waals surface area contributed by atoms with E-state index in [-0.39, 0.29) is 23.4 Å². The molecule has 2 rings (SSSR count). The van der Waals surface area contributed by atoms with Gasteiger partial charge in [-0.1, -0.05) is 28.1 Å². The van der Waals surface area contributed by atoms with E-state index in [1.807, 2.05) is 0 Å². The first-order valence-electron chi connectivity index (χ1n) is 4.38. The maximum Gasteiger partial charge on any atom is 0.257 e. The van der Waals surface area contributed by atoms with Gasteiger partial charge in [0.25, 0.3) is 5.91 Å². The molecule has 1 aromatic carbocycles. The lowest BCUT2D eigenvalue weighted by Gasteiger charge is -2.17. The van der Waals surface area contributed by atoms with Gasteiger partial charge in [0.2, 0.25) is 0 Å². The molecule has 15 heavy (non-hydrogen) atoms. The summed E-state index contributed by atoms with van der Waals surface area (Å²) < 4.78 is 0.